The molecular formula is C21H23N7O2. The van der Waals surface area contributed by atoms with Gasteiger partial charge in [-0.05, 0) is 55.2 Å². The topological polar surface area (TPSA) is 119 Å². The number of anilines is 4. The molecule has 1 aliphatic heterocycles. The smallest absolute Gasteiger partial charge is 0.250 e. The first kappa shape index (κ1) is 19.4. The van der Waals surface area contributed by atoms with Crippen LogP contribution >= 0.6 is 0 Å². The molecular weight excluding hydrogens is 382 g/mol. The van der Waals surface area contributed by atoms with Gasteiger partial charge in [0.25, 0.3) is 0 Å². The number of phenols is 2. The van der Waals surface area contributed by atoms with Crippen molar-refractivity contribution in [3.63, 3.8) is 0 Å². The molecule has 0 aliphatic carbocycles. The van der Waals surface area contributed by atoms with Gasteiger partial charge >= 0.3 is 0 Å². The van der Waals surface area contributed by atoms with Crippen molar-refractivity contribution >= 4 is 29.7 Å². The van der Waals surface area contributed by atoms with Gasteiger partial charge in [0.15, 0.2) is 11.5 Å². The van der Waals surface area contributed by atoms with Gasteiger partial charge in [-0.15, -0.1) is 0 Å². The highest BCUT2D eigenvalue weighted by Gasteiger charge is 2.16. The highest BCUT2D eigenvalue weighted by Crippen LogP contribution is 2.24. The van der Waals surface area contributed by atoms with Crippen LogP contribution in [0.1, 0.15) is 24.8 Å². The number of nitrogens with zero attached hydrogens (tertiary/aromatic N) is 5. The second-order valence-corrected chi connectivity index (χ2v) is 6.94. The molecule has 1 saturated heterocycles. The van der Waals surface area contributed by atoms with Gasteiger partial charge in [-0.1, -0.05) is 18.2 Å². The van der Waals surface area contributed by atoms with Crippen LogP contribution in [0.15, 0.2) is 53.6 Å². The molecule has 0 atom stereocenters. The third kappa shape index (κ3) is 4.93. The summed E-state index contributed by atoms with van der Waals surface area (Å²) in [5.41, 5.74) is 4.32. The Kier molecular flexibility index (Phi) is 5.88. The number of rotatable bonds is 6. The Morgan fingerprint density at radius 1 is 0.867 bits per heavy atom. The molecule has 0 bridgehead atoms. The molecule has 0 radical (unpaired) electrons. The first-order valence-corrected chi connectivity index (χ1v) is 9.81. The number of para-hydroxylation sites is 1. The van der Waals surface area contributed by atoms with E-state index in [-0.39, 0.29) is 11.5 Å². The van der Waals surface area contributed by atoms with E-state index in [1.807, 2.05) is 30.3 Å². The fourth-order valence-electron chi connectivity index (χ4n) is 3.14. The number of piperidine rings is 1. The predicted molar refractivity (Wildman–Crippen MR) is 117 cm³/mol. The van der Waals surface area contributed by atoms with Gasteiger partial charge in [-0.3, -0.25) is 0 Å². The molecule has 0 unspecified atom stereocenters. The molecule has 2 heterocycles. The summed E-state index contributed by atoms with van der Waals surface area (Å²) in [7, 11) is 0. The van der Waals surface area contributed by atoms with Crippen molar-refractivity contribution in [1.82, 2.24) is 15.0 Å². The standard InChI is InChI=1S/C21H23N7O2/c29-17-10-9-15(13-18(17)30)14-22-27-20-24-19(23-16-7-3-1-4-8-16)25-21(26-20)28-11-5-2-6-12-28/h1,3-4,7-10,13-14,29-30H,2,5-6,11-12H2,(H2,23,24,25,26,27). The number of aromatic nitrogens is 3. The predicted octanol–water partition coefficient (Wildman–Crippen LogP) is 3.46. The minimum atomic E-state index is -0.208. The first-order chi connectivity index (χ1) is 14.7. The molecule has 9 nitrogen and oxygen atoms in total. The van der Waals surface area contributed by atoms with Crippen molar-refractivity contribution in [2.24, 2.45) is 5.10 Å². The summed E-state index contributed by atoms with van der Waals surface area (Å²) < 4.78 is 0. The maximum Gasteiger partial charge on any atom is 0.250 e. The van der Waals surface area contributed by atoms with Crippen LogP contribution in [0, 0.1) is 0 Å². The van der Waals surface area contributed by atoms with Crippen molar-refractivity contribution in [2.45, 2.75) is 19.3 Å². The molecule has 154 valence electrons. The number of nitrogens with one attached hydrogen (secondary N) is 2. The van der Waals surface area contributed by atoms with Gasteiger partial charge in [-0.25, -0.2) is 5.43 Å². The second kappa shape index (κ2) is 9.08. The Hall–Kier alpha value is -3.88. The van der Waals surface area contributed by atoms with E-state index in [0.717, 1.165) is 31.6 Å². The molecule has 4 N–H and O–H groups in total. The van der Waals surface area contributed by atoms with E-state index < -0.39 is 0 Å². The van der Waals surface area contributed by atoms with E-state index in [4.69, 9.17) is 0 Å². The van der Waals surface area contributed by atoms with Crippen molar-refractivity contribution < 1.29 is 10.2 Å². The summed E-state index contributed by atoms with van der Waals surface area (Å²) in [5, 5.41) is 26.4. The summed E-state index contributed by atoms with van der Waals surface area (Å²) in [6.07, 6.45) is 4.94. The number of hydrogen-bond donors (Lipinski definition) is 4. The lowest BCUT2D eigenvalue weighted by atomic mass is 10.1. The second-order valence-electron chi connectivity index (χ2n) is 6.94. The largest absolute Gasteiger partial charge is 0.504 e. The fraction of sp³-hybridized carbons (Fsp3) is 0.238. The summed E-state index contributed by atoms with van der Waals surface area (Å²) >= 11 is 0. The van der Waals surface area contributed by atoms with Gasteiger partial charge < -0.3 is 20.4 Å². The van der Waals surface area contributed by atoms with Crippen molar-refractivity contribution in [3.05, 3.63) is 54.1 Å². The lowest BCUT2D eigenvalue weighted by Crippen LogP contribution is -2.31. The molecule has 30 heavy (non-hydrogen) atoms. The highest BCUT2D eigenvalue weighted by atomic mass is 16.3. The van der Waals surface area contributed by atoms with Gasteiger partial charge in [0, 0.05) is 18.8 Å². The van der Waals surface area contributed by atoms with E-state index in [1.165, 1.54) is 24.8 Å². The van der Waals surface area contributed by atoms with E-state index >= 15 is 0 Å². The Balaban J connectivity index is 1.56. The summed E-state index contributed by atoms with van der Waals surface area (Å²) in [6.45, 7) is 1.81. The average Bonchev–Trinajstić information content (AvgIpc) is 2.77. The zero-order valence-electron chi connectivity index (χ0n) is 16.4. The number of hydrazone groups is 1. The summed E-state index contributed by atoms with van der Waals surface area (Å²) in [5.74, 6) is 0.948. The molecule has 0 saturated carbocycles. The summed E-state index contributed by atoms with van der Waals surface area (Å²) in [6, 6.07) is 14.1. The maximum atomic E-state index is 9.59. The van der Waals surface area contributed by atoms with Crippen LogP contribution in [0.3, 0.4) is 0 Å². The number of hydrogen-bond acceptors (Lipinski definition) is 9. The van der Waals surface area contributed by atoms with Crippen LogP contribution in [0.5, 0.6) is 11.5 Å². The third-order valence-corrected chi connectivity index (χ3v) is 4.67. The monoisotopic (exact) mass is 405 g/mol. The van der Waals surface area contributed by atoms with Gasteiger partial charge in [0.05, 0.1) is 6.21 Å². The molecule has 1 aromatic heterocycles. The number of phenolic OH excluding ortho intramolecular Hbond substituents is 2. The van der Waals surface area contributed by atoms with Crippen LogP contribution in [-0.4, -0.2) is 44.5 Å². The van der Waals surface area contributed by atoms with Gasteiger partial charge in [-0.2, -0.15) is 20.1 Å². The Labute approximate surface area is 174 Å². The maximum absolute atomic E-state index is 9.59. The average molecular weight is 405 g/mol. The van der Waals surface area contributed by atoms with Crippen molar-refractivity contribution in [1.29, 1.82) is 0 Å². The molecule has 3 aromatic rings. The quantitative estimate of drug-likeness (QED) is 0.280. The Morgan fingerprint density at radius 3 is 2.40 bits per heavy atom. The van der Waals surface area contributed by atoms with Crippen LogP contribution in [0.25, 0.3) is 0 Å². The van der Waals surface area contributed by atoms with Crippen LogP contribution in [0.4, 0.5) is 23.5 Å². The normalized spacial score (nSPS) is 14.1. The lowest BCUT2D eigenvalue weighted by molar-refractivity contribution is 0.403. The zero-order valence-corrected chi connectivity index (χ0v) is 16.4. The molecule has 4 rings (SSSR count). The Morgan fingerprint density at radius 2 is 1.63 bits per heavy atom. The molecule has 0 amide bonds. The van der Waals surface area contributed by atoms with Crippen molar-refractivity contribution in [2.75, 3.05) is 28.7 Å². The lowest BCUT2D eigenvalue weighted by Gasteiger charge is -2.26. The van der Waals surface area contributed by atoms with E-state index in [1.54, 1.807) is 6.07 Å². The van der Waals surface area contributed by atoms with Crippen molar-refractivity contribution in [3.8, 4) is 11.5 Å². The summed E-state index contributed by atoms with van der Waals surface area (Å²) in [4.78, 5) is 15.7. The Bertz CT molecular complexity index is 1020. The van der Waals surface area contributed by atoms with Gasteiger partial charge in [0.1, 0.15) is 0 Å². The molecule has 9 heteroatoms. The van der Waals surface area contributed by atoms with E-state index in [0.29, 0.717) is 23.4 Å². The van der Waals surface area contributed by atoms with Crippen LogP contribution in [0.2, 0.25) is 0 Å². The van der Waals surface area contributed by atoms with Crippen LogP contribution in [-0.2, 0) is 0 Å². The molecule has 1 fully saturated rings. The zero-order chi connectivity index (χ0) is 20.8. The third-order valence-electron chi connectivity index (χ3n) is 4.67. The minimum absolute atomic E-state index is 0.180. The number of benzene rings is 2. The number of aromatic hydroxyl groups is 2. The van der Waals surface area contributed by atoms with Crippen LogP contribution < -0.4 is 15.6 Å². The first-order valence-electron chi connectivity index (χ1n) is 9.81. The van der Waals surface area contributed by atoms with E-state index in [2.05, 4.69) is 35.7 Å². The minimum Gasteiger partial charge on any atom is -0.504 e. The SMILES string of the molecule is Oc1ccc(C=NNc2nc(Nc3ccccc3)nc(N3CCCCC3)n2)cc1O. The van der Waals surface area contributed by atoms with Gasteiger partial charge in [0.2, 0.25) is 17.8 Å². The molecule has 0 spiro atoms. The fourth-order valence-corrected chi connectivity index (χ4v) is 3.14. The van der Waals surface area contributed by atoms with E-state index in [9.17, 15) is 10.2 Å². The molecule has 1 aliphatic rings. The highest BCUT2D eigenvalue weighted by molar-refractivity contribution is 5.81. The molecule has 2 aromatic carbocycles.